The van der Waals surface area contributed by atoms with Crippen LogP contribution in [0, 0.1) is 0 Å². The van der Waals surface area contributed by atoms with Gasteiger partial charge in [0.15, 0.2) is 0 Å². The highest BCUT2D eigenvalue weighted by Gasteiger charge is 2.32. The van der Waals surface area contributed by atoms with E-state index in [1.807, 2.05) is 37.4 Å². The van der Waals surface area contributed by atoms with Gasteiger partial charge < -0.3 is 33.2 Å². The third-order valence-corrected chi connectivity index (χ3v) is 6.68. The zero-order valence-corrected chi connectivity index (χ0v) is 19.5. The average Bonchev–Trinajstić information content (AvgIpc) is 3.62. The molecule has 4 heterocycles. The zero-order chi connectivity index (χ0) is 23.5. The van der Waals surface area contributed by atoms with Crippen LogP contribution in [0.15, 0.2) is 94.0 Å². The number of anilines is 6. The second-order valence-corrected chi connectivity index (χ2v) is 9.00. The first kappa shape index (κ1) is 19.9. The molecule has 0 saturated carbocycles. The first-order valence-electron chi connectivity index (χ1n) is 11.6. The maximum absolute atomic E-state index is 6.34. The van der Waals surface area contributed by atoms with Crippen LogP contribution >= 0.6 is 0 Å². The van der Waals surface area contributed by atoms with Gasteiger partial charge in [0, 0.05) is 37.6 Å². The lowest BCUT2D eigenvalue weighted by Crippen LogP contribution is -2.24. The van der Waals surface area contributed by atoms with Gasteiger partial charge in [0.25, 0.3) is 0 Å². The van der Waals surface area contributed by atoms with Crippen molar-refractivity contribution < 1.29 is 13.6 Å². The van der Waals surface area contributed by atoms with Crippen LogP contribution in [0.5, 0.6) is 11.5 Å². The summed E-state index contributed by atoms with van der Waals surface area (Å²) in [5.41, 5.74) is 5.58. The van der Waals surface area contributed by atoms with E-state index >= 15 is 0 Å². The Morgan fingerprint density at radius 3 is 2.17 bits per heavy atom. The third kappa shape index (κ3) is 3.12. The van der Waals surface area contributed by atoms with E-state index in [0.717, 1.165) is 46.5 Å². The van der Waals surface area contributed by atoms with Gasteiger partial charge >= 0.3 is 5.78 Å². The lowest BCUT2D eigenvalue weighted by atomic mass is 10.2. The van der Waals surface area contributed by atoms with E-state index in [1.54, 1.807) is 6.26 Å². The Hall–Kier alpha value is -4.52. The van der Waals surface area contributed by atoms with Crippen LogP contribution in [0.1, 0.15) is 0 Å². The number of rotatable bonds is 4. The predicted molar refractivity (Wildman–Crippen MR) is 139 cm³/mol. The second-order valence-electron chi connectivity index (χ2n) is 9.00. The molecule has 2 aliphatic heterocycles. The lowest BCUT2D eigenvalue weighted by Gasteiger charge is -2.21. The monoisotopic (exact) mass is 464 g/mol. The Morgan fingerprint density at radius 1 is 0.714 bits per heavy atom. The molecule has 7 heteroatoms. The van der Waals surface area contributed by atoms with Gasteiger partial charge in [-0.2, -0.15) is 0 Å². The van der Waals surface area contributed by atoms with Crippen LogP contribution in [0.25, 0.3) is 11.2 Å². The molecule has 0 amide bonds. The SMILES string of the molecule is CN1CN(c2cccc(Oc3cccc(N4CN(C)c5oc6occc6c54)c3)c2)c2ccccc21. The minimum atomic E-state index is 0.546. The molecule has 0 unspecified atom stereocenters. The van der Waals surface area contributed by atoms with Crippen molar-refractivity contribution in [2.24, 2.45) is 0 Å². The smallest absolute Gasteiger partial charge is 0.301 e. The zero-order valence-electron chi connectivity index (χ0n) is 19.5. The molecule has 3 aromatic carbocycles. The minimum absolute atomic E-state index is 0.546. The number of nitrogens with zero attached hydrogens (tertiary/aromatic N) is 4. The van der Waals surface area contributed by atoms with Crippen LogP contribution in [-0.4, -0.2) is 27.4 Å². The van der Waals surface area contributed by atoms with Crippen molar-refractivity contribution in [3.63, 3.8) is 0 Å². The van der Waals surface area contributed by atoms with E-state index in [4.69, 9.17) is 13.6 Å². The fraction of sp³-hybridized carbons (Fsp3) is 0.143. The summed E-state index contributed by atoms with van der Waals surface area (Å²) in [4.78, 5) is 8.85. The minimum Gasteiger partial charge on any atom is -0.457 e. The van der Waals surface area contributed by atoms with Crippen molar-refractivity contribution in [3.05, 3.63) is 85.1 Å². The van der Waals surface area contributed by atoms with Gasteiger partial charge in [-0.3, -0.25) is 0 Å². The molecule has 35 heavy (non-hydrogen) atoms. The normalized spacial score (nSPS) is 14.7. The molecule has 0 saturated heterocycles. The van der Waals surface area contributed by atoms with E-state index < -0.39 is 0 Å². The summed E-state index contributed by atoms with van der Waals surface area (Å²) in [5, 5.41) is 0.972. The Bertz CT molecular complexity index is 1550. The Kier molecular flexibility index (Phi) is 4.26. The number of benzene rings is 3. The van der Waals surface area contributed by atoms with Gasteiger partial charge in [0.05, 0.1) is 36.4 Å². The van der Waals surface area contributed by atoms with Crippen LogP contribution in [0.2, 0.25) is 0 Å². The van der Waals surface area contributed by atoms with Crippen LogP contribution in [0.4, 0.5) is 34.3 Å². The largest absolute Gasteiger partial charge is 0.457 e. The van der Waals surface area contributed by atoms with Crippen LogP contribution in [0.3, 0.4) is 0 Å². The maximum atomic E-state index is 6.34. The Balaban J connectivity index is 1.18. The molecule has 0 spiro atoms. The summed E-state index contributed by atoms with van der Waals surface area (Å²) in [5.74, 6) is 2.94. The standard InChI is InChI=1S/C28H24N4O3/c1-29-17-31(25-12-4-3-11-24(25)29)19-7-5-9-21(15-19)34-22-10-6-8-20(16-22)32-18-30(2)27-26(32)23-13-14-33-28(23)35-27/h3-16H,17-18H2,1-2H3. The summed E-state index contributed by atoms with van der Waals surface area (Å²) in [6.07, 6.45) is 1.66. The molecule has 0 radical (unpaired) electrons. The Labute approximate surface area is 202 Å². The van der Waals surface area contributed by atoms with Gasteiger partial charge in [-0.25, -0.2) is 0 Å². The summed E-state index contributed by atoms with van der Waals surface area (Å²) in [6.45, 7) is 1.49. The molecule has 0 aliphatic carbocycles. The number of para-hydroxylation sites is 2. The predicted octanol–water partition coefficient (Wildman–Crippen LogP) is 6.91. The van der Waals surface area contributed by atoms with E-state index in [1.165, 1.54) is 11.4 Å². The van der Waals surface area contributed by atoms with E-state index in [9.17, 15) is 0 Å². The molecule has 5 aromatic rings. The van der Waals surface area contributed by atoms with Gasteiger partial charge in [0.1, 0.15) is 17.2 Å². The number of hydrogen-bond acceptors (Lipinski definition) is 7. The molecule has 7 rings (SSSR count). The molecule has 0 fully saturated rings. The van der Waals surface area contributed by atoms with Crippen molar-refractivity contribution in [2.45, 2.75) is 0 Å². The fourth-order valence-corrected chi connectivity index (χ4v) is 5.05. The summed E-state index contributed by atoms with van der Waals surface area (Å²) >= 11 is 0. The fourth-order valence-electron chi connectivity index (χ4n) is 5.05. The van der Waals surface area contributed by atoms with Crippen LogP contribution in [-0.2, 0) is 0 Å². The highest BCUT2D eigenvalue weighted by molar-refractivity contribution is 6.00. The second kappa shape index (κ2) is 7.50. The van der Waals surface area contributed by atoms with Crippen LogP contribution < -0.4 is 24.3 Å². The number of fused-ring (bicyclic) bond motifs is 4. The van der Waals surface area contributed by atoms with Crippen molar-refractivity contribution >= 4 is 45.5 Å². The van der Waals surface area contributed by atoms with Crippen molar-refractivity contribution in [3.8, 4) is 11.5 Å². The molecular weight excluding hydrogens is 440 g/mol. The number of ether oxygens (including phenoxy) is 1. The van der Waals surface area contributed by atoms with Crippen molar-refractivity contribution in [1.82, 2.24) is 0 Å². The van der Waals surface area contributed by atoms with E-state index in [2.05, 4.69) is 75.2 Å². The molecule has 0 atom stereocenters. The molecule has 7 nitrogen and oxygen atoms in total. The number of furan rings is 2. The summed E-state index contributed by atoms with van der Waals surface area (Å²) in [7, 11) is 4.13. The topological polar surface area (TPSA) is 48.5 Å². The lowest BCUT2D eigenvalue weighted by molar-refractivity contribution is 0.479. The third-order valence-electron chi connectivity index (χ3n) is 6.68. The quantitative estimate of drug-likeness (QED) is 0.286. The highest BCUT2D eigenvalue weighted by Crippen LogP contribution is 2.48. The number of hydrogen-bond donors (Lipinski definition) is 0. The molecule has 0 N–H and O–H groups in total. The first-order chi connectivity index (χ1) is 17.2. The highest BCUT2D eigenvalue weighted by atomic mass is 16.5. The maximum Gasteiger partial charge on any atom is 0.301 e. The first-order valence-corrected chi connectivity index (χ1v) is 11.6. The molecule has 2 aliphatic rings. The summed E-state index contributed by atoms with van der Waals surface area (Å²) < 4.78 is 17.7. The van der Waals surface area contributed by atoms with Gasteiger partial charge in [-0.05, 0) is 42.5 Å². The molecular formula is C28H24N4O3. The molecule has 2 aromatic heterocycles. The van der Waals surface area contributed by atoms with Gasteiger partial charge in [-0.15, -0.1) is 0 Å². The average molecular weight is 465 g/mol. The molecule has 174 valence electrons. The molecule has 0 bridgehead atoms. The van der Waals surface area contributed by atoms with Crippen molar-refractivity contribution in [1.29, 1.82) is 0 Å². The van der Waals surface area contributed by atoms with Gasteiger partial charge in [0.2, 0.25) is 5.88 Å². The van der Waals surface area contributed by atoms with Crippen molar-refractivity contribution in [2.75, 3.05) is 47.0 Å². The summed E-state index contributed by atoms with van der Waals surface area (Å²) in [6, 6.07) is 26.8. The van der Waals surface area contributed by atoms with E-state index in [-0.39, 0.29) is 0 Å². The van der Waals surface area contributed by atoms with Gasteiger partial charge in [-0.1, -0.05) is 24.3 Å². The van der Waals surface area contributed by atoms with E-state index in [0.29, 0.717) is 12.4 Å². The Morgan fingerprint density at radius 2 is 1.40 bits per heavy atom.